The lowest BCUT2D eigenvalue weighted by Gasteiger charge is -2.07. The molecule has 0 atom stereocenters. The van der Waals surface area contributed by atoms with E-state index in [4.69, 9.17) is 12.2 Å². The van der Waals surface area contributed by atoms with Crippen LogP contribution in [0.2, 0.25) is 0 Å². The Bertz CT molecular complexity index is 296. The van der Waals surface area contributed by atoms with E-state index >= 15 is 0 Å². The highest BCUT2D eigenvalue weighted by atomic mass is 32.1. The van der Waals surface area contributed by atoms with Crippen LogP contribution in [0, 0.1) is 10.7 Å². The molecule has 1 N–H and O–H groups in total. The molecule has 1 aliphatic rings. The van der Waals surface area contributed by atoms with Crippen molar-refractivity contribution in [1.82, 2.24) is 20.2 Å². The van der Waals surface area contributed by atoms with Crippen LogP contribution >= 0.6 is 12.2 Å². The first-order chi connectivity index (χ1) is 5.86. The minimum absolute atomic E-state index is 0.571. The van der Waals surface area contributed by atoms with Crippen LogP contribution in [-0.4, -0.2) is 20.2 Å². The molecule has 1 saturated carbocycles. The average Bonchev–Trinajstić information content (AvgIpc) is 2.65. The van der Waals surface area contributed by atoms with Crippen molar-refractivity contribution in [1.29, 1.82) is 0 Å². The first-order valence-corrected chi connectivity index (χ1v) is 4.75. The Morgan fingerprint density at radius 1 is 1.50 bits per heavy atom. The van der Waals surface area contributed by atoms with Gasteiger partial charge in [0.15, 0.2) is 0 Å². The van der Waals surface area contributed by atoms with Crippen LogP contribution in [0.15, 0.2) is 0 Å². The van der Waals surface area contributed by atoms with Crippen LogP contribution in [0.4, 0.5) is 0 Å². The zero-order valence-corrected chi connectivity index (χ0v) is 7.68. The summed E-state index contributed by atoms with van der Waals surface area (Å²) in [6.45, 7) is 0.964. The number of H-pyrrole nitrogens is 1. The number of hydrogen-bond acceptors (Lipinski definition) is 3. The molecule has 1 aromatic rings. The number of aromatic nitrogens is 4. The van der Waals surface area contributed by atoms with Crippen molar-refractivity contribution >= 4 is 12.2 Å². The second-order valence-corrected chi connectivity index (χ2v) is 3.71. The lowest BCUT2D eigenvalue weighted by Crippen LogP contribution is -2.08. The van der Waals surface area contributed by atoms with Gasteiger partial charge in [0.2, 0.25) is 4.77 Å². The Balaban J connectivity index is 2.03. The number of nitrogens with one attached hydrogen (secondary N) is 1. The molecule has 12 heavy (non-hydrogen) atoms. The fourth-order valence-corrected chi connectivity index (χ4v) is 1.94. The number of tetrazole rings is 1. The van der Waals surface area contributed by atoms with Gasteiger partial charge in [-0.05, 0) is 31.0 Å². The molecule has 0 spiro atoms. The molecule has 0 radical (unpaired) electrons. The Morgan fingerprint density at radius 2 is 2.25 bits per heavy atom. The van der Waals surface area contributed by atoms with Crippen molar-refractivity contribution < 1.29 is 0 Å². The zero-order chi connectivity index (χ0) is 8.39. The predicted octanol–water partition coefficient (Wildman–Crippen LogP) is 1.53. The third-order valence-corrected chi connectivity index (χ3v) is 2.75. The van der Waals surface area contributed by atoms with E-state index in [2.05, 4.69) is 15.5 Å². The van der Waals surface area contributed by atoms with Gasteiger partial charge in [0.25, 0.3) is 0 Å². The van der Waals surface area contributed by atoms with Crippen molar-refractivity contribution in [2.24, 2.45) is 5.92 Å². The predicted molar refractivity (Wildman–Crippen MR) is 47.2 cm³/mol. The molecule has 0 amide bonds. The molecule has 0 aromatic carbocycles. The van der Waals surface area contributed by atoms with E-state index in [0.29, 0.717) is 4.77 Å². The molecule has 0 aliphatic heterocycles. The van der Waals surface area contributed by atoms with E-state index in [9.17, 15) is 0 Å². The molecule has 66 valence electrons. The van der Waals surface area contributed by atoms with E-state index < -0.39 is 0 Å². The quantitative estimate of drug-likeness (QED) is 0.709. The summed E-state index contributed by atoms with van der Waals surface area (Å²) < 4.78 is 2.42. The molecule has 0 unspecified atom stereocenters. The standard InChI is InChI=1S/C7H12N4S/c12-7-8-9-10-11(7)5-6-3-1-2-4-6/h6H,1-5H2,(H,8,10,12). The first-order valence-electron chi connectivity index (χ1n) is 4.34. The summed E-state index contributed by atoms with van der Waals surface area (Å²) in [5, 5.41) is 10.2. The molecule has 1 aliphatic carbocycles. The normalized spacial score (nSPS) is 18.7. The van der Waals surface area contributed by atoms with Crippen molar-refractivity contribution in [2.75, 3.05) is 0 Å². The minimum Gasteiger partial charge on any atom is -0.242 e. The number of nitrogens with zero attached hydrogens (tertiary/aromatic N) is 3. The van der Waals surface area contributed by atoms with Gasteiger partial charge in [-0.15, -0.1) is 0 Å². The Kier molecular flexibility index (Phi) is 2.21. The first kappa shape index (κ1) is 7.91. The van der Waals surface area contributed by atoms with E-state index in [1.54, 1.807) is 0 Å². The molecule has 5 heteroatoms. The fraction of sp³-hybridized carbons (Fsp3) is 0.857. The highest BCUT2D eigenvalue weighted by Gasteiger charge is 2.15. The van der Waals surface area contributed by atoms with Gasteiger partial charge in [0.05, 0.1) is 0 Å². The fourth-order valence-electron chi connectivity index (χ4n) is 1.79. The topological polar surface area (TPSA) is 46.5 Å². The van der Waals surface area contributed by atoms with Gasteiger partial charge in [-0.1, -0.05) is 23.2 Å². The maximum atomic E-state index is 4.98. The largest absolute Gasteiger partial charge is 0.242 e. The molecular formula is C7H12N4S. The Hall–Kier alpha value is -0.710. The maximum absolute atomic E-state index is 4.98. The average molecular weight is 184 g/mol. The number of rotatable bonds is 2. The molecule has 2 rings (SSSR count). The number of hydrogen-bond donors (Lipinski definition) is 1. The van der Waals surface area contributed by atoms with E-state index in [1.807, 2.05) is 4.68 Å². The van der Waals surface area contributed by atoms with Crippen LogP contribution < -0.4 is 0 Å². The van der Waals surface area contributed by atoms with Crippen molar-refractivity contribution in [2.45, 2.75) is 32.2 Å². The van der Waals surface area contributed by atoms with Gasteiger partial charge < -0.3 is 0 Å². The molecule has 0 saturated heterocycles. The summed E-state index contributed by atoms with van der Waals surface area (Å²) in [7, 11) is 0. The molecular weight excluding hydrogens is 172 g/mol. The SMILES string of the molecule is S=c1nn[nH]n1CC1CCCC1. The second-order valence-electron chi connectivity index (χ2n) is 3.34. The summed E-state index contributed by atoms with van der Waals surface area (Å²) in [6, 6.07) is 0. The van der Waals surface area contributed by atoms with Crippen LogP contribution in [-0.2, 0) is 6.54 Å². The molecule has 1 fully saturated rings. The van der Waals surface area contributed by atoms with Crippen LogP contribution in [0.25, 0.3) is 0 Å². The lowest BCUT2D eigenvalue weighted by atomic mass is 10.1. The molecule has 4 nitrogen and oxygen atoms in total. The maximum Gasteiger partial charge on any atom is 0.238 e. The van der Waals surface area contributed by atoms with Crippen molar-refractivity contribution in [3.63, 3.8) is 0 Å². The number of aromatic amines is 1. The van der Waals surface area contributed by atoms with E-state index in [1.165, 1.54) is 25.7 Å². The van der Waals surface area contributed by atoms with E-state index in [0.717, 1.165) is 12.5 Å². The highest BCUT2D eigenvalue weighted by molar-refractivity contribution is 7.71. The summed E-state index contributed by atoms with van der Waals surface area (Å²) in [4.78, 5) is 0. The summed E-state index contributed by atoms with van der Waals surface area (Å²) >= 11 is 4.98. The Labute approximate surface area is 76.0 Å². The summed E-state index contributed by atoms with van der Waals surface area (Å²) in [5.74, 6) is 0.777. The Morgan fingerprint density at radius 3 is 2.83 bits per heavy atom. The minimum atomic E-state index is 0.571. The van der Waals surface area contributed by atoms with Gasteiger partial charge in [-0.2, -0.15) is 5.21 Å². The van der Waals surface area contributed by atoms with Gasteiger partial charge >= 0.3 is 0 Å². The monoisotopic (exact) mass is 184 g/mol. The van der Waals surface area contributed by atoms with Crippen molar-refractivity contribution in [3.8, 4) is 0 Å². The van der Waals surface area contributed by atoms with Crippen LogP contribution in [0.3, 0.4) is 0 Å². The summed E-state index contributed by atoms with van der Waals surface area (Å²) in [5.41, 5.74) is 0. The van der Waals surface area contributed by atoms with Gasteiger partial charge in [-0.25, -0.2) is 4.68 Å². The molecule has 0 bridgehead atoms. The lowest BCUT2D eigenvalue weighted by molar-refractivity contribution is 0.418. The summed E-state index contributed by atoms with van der Waals surface area (Å²) in [6.07, 6.45) is 5.36. The molecule has 1 heterocycles. The molecule has 1 aromatic heterocycles. The van der Waals surface area contributed by atoms with E-state index in [-0.39, 0.29) is 0 Å². The smallest absolute Gasteiger partial charge is 0.238 e. The van der Waals surface area contributed by atoms with Crippen LogP contribution in [0.5, 0.6) is 0 Å². The van der Waals surface area contributed by atoms with Crippen molar-refractivity contribution in [3.05, 3.63) is 4.77 Å². The van der Waals surface area contributed by atoms with Gasteiger partial charge in [-0.3, -0.25) is 0 Å². The van der Waals surface area contributed by atoms with Gasteiger partial charge in [0, 0.05) is 6.54 Å². The van der Waals surface area contributed by atoms with Crippen LogP contribution in [0.1, 0.15) is 25.7 Å². The highest BCUT2D eigenvalue weighted by Crippen LogP contribution is 2.25. The zero-order valence-electron chi connectivity index (χ0n) is 6.86. The van der Waals surface area contributed by atoms with Gasteiger partial charge in [0.1, 0.15) is 0 Å². The second kappa shape index (κ2) is 3.35. The third-order valence-electron chi connectivity index (χ3n) is 2.45. The third kappa shape index (κ3) is 1.55.